The Balaban J connectivity index is 1.51. The number of rotatable bonds is 7. The summed E-state index contributed by atoms with van der Waals surface area (Å²) in [6.07, 6.45) is 2.37. The van der Waals surface area contributed by atoms with Crippen LogP contribution in [-0.2, 0) is 19.6 Å². The van der Waals surface area contributed by atoms with Gasteiger partial charge in [0.1, 0.15) is 0 Å². The predicted octanol–water partition coefficient (Wildman–Crippen LogP) is 2.32. The molecule has 9 nitrogen and oxygen atoms in total. The molecule has 1 aromatic heterocycles. The number of hydrogen-bond donors (Lipinski definition) is 1. The molecule has 1 N–H and O–H groups in total. The van der Waals surface area contributed by atoms with Gasteiger partial charge < -0.3 is 14.1 Å². The molecule has 0 unspecified atom stereocenters. The van der Waals surface area contributed by atoms with E-state index in [9.17, 15) is 22.8 Å². The summed E-state index contributed by atoms with van der Waals surface area (Å²) < 4.78 is 35.3. The van der Waals surface area contributed by atoms with E-state index in [1.54, 1.807) is 17.0 Å². The molecule has 0 bridgehead atoms. The molecule has 1 amide bonds. The number of nitrogens with one attached hydrogen (secondary N) is 1. The van der Waals surface area contributed by atoms with Crippen LogP contribution >= 0.6 is 0 Å². The van der Waals surface area contributed by atoms with Gasteiger partial charge in [-0.1, -0.05) is 0 Å². The molecule has 2 aromatic rings. The average molecular weight is 448 g/mol. The third kappa shape index (κ3) is 5.94. The number of piperidine rings is 1. The number of sulfonamides is 1. The minimum Gasteiger partial charge on any atom is -0.459 e. The number of anilines is 1. The van der Waals surface area contributed by atoms with Crippen LogP contribution in [0.5, 0.6) is 0 Å². The summed E-state index contributed by atoms with van der Waals surface area (Å²) >= 11 is 0. The maximum Gasteiger partial charge on any atom is 0.309 e. The Morgan fingerprint density at radius 2 is 1.77 bits per heavy atom. The van der Waals surface area contributed by atoms with Crippen LogP contribution in [0.3, 0.4) is 0 Å². The van der Waals surface area contributed by atoms with Crippen molar-refractivity contribution in [3.05, 3.63) is 54.0 Å². The van der Waals surface area contributed by atoms with E-state index in [0.717, 1.165) is 6.26 Å². The Morgan fingerprint density at radius 3 is 2.32 bits per heavy atom. The quantitative estimate of drug-likeness (QED) is 0.509. The summed E-state index contributed by atoms with van der Waals surface area (Å²) in [5.41, 5.74) is 0.637. The van der Waals surface area contributed by atoms with Gasteiger partial charge in [0.2, 0.25) is 15.8 Å². The maximum atomic E-state index is 12.6. The van der Waals surface area contributed by atoms with Gasteiger partial charge in [0.25, 0.3) is 5.91 Å². The highest BCUT2D eigenvalue weighted by Gasteiger charge is 2.31. The lowest BCUT2D eigenvalue weighted by atomic mass is 9.96. The second-order valence-corrected chi connectivity index (χ2v) is 9.19. The van der Waals surface area contributed by atoms with Crippen LogP contribution in [-0.4, -0.2) is 56.4 Å². The van der Waals surface area contributed by atoms with Crippen molar-refractivity contribution in [2.24, 2.45) is 5.92 Å². The summed E-state index contributed by atoms with van der Waals surface area (Å²) in [6.45, 7) is 2.30. The normalized spacial score (nSPS) is 15.9. The van der Waals surface area contributed by atoms with Gasteiger partial charge in [0.15, 0.2) is 11.9 Å². The second-order valence-electron chi connectivity index (χ2n) is 7.44. The molecule has 1 aliphatic rings. The minimum absolute atomic E-state index is 0.214. The van der Waals surface area contributed by atoms with Gasteiger partial charge in [-0.05, 0) is 56.2 Å². The van der Waals surface area contributed by atoms with Crippen molar-refractivity contribution in [1.29, 1.82) is 0 Å². The van der Waals surface area contributed by atoms with E-state index < -0.39 is 28.0 Å². The summed E-state index contributed by atoms with van der Waals surface area (Å²) in [7, 11) is -3.41. The van der Waals surface area contributed by atoms with Crippen molar-refractivity contribution in [1.82, 2.24) is 4.90 Å². The SMILES string of the molecule is C[C@H](OC(=O)C1CCN(C(=O)c2ccco2)CC1)C(=O)c1ccc(NS(C)(=O)=O)cc1. The highest BCUT2D eigenvalue weighted by atomic mass is 32.2. The van der Waals surface area contributed by atoms with E-state index in [2.05, 4.69) is 4.72 Å². The van der Waals surface area contributed by atoms with Crippen molar-refractivity contribution in [2.45, 2.75) is 25.9 Å². The number of Topliss-reactive ketones (excluding diaryl/α,β-unsaturated/α-hetero) is 1. The number of ketones is 1. The highest BCUT2D eigenvalue weighted by molar-refractivity contribution is 7.92. The summed E-state index contributed by atoms with van der Waals surface area (Å²) in [5, 5.41) is 0. The second kappa shape index (κ2) is 9.34. The Kier molecular flexibility index (Phi) is 6.79. The standard InChI is InChI=1S/C21H24N2O7S/c1-14(19(24)15-5-7-17(8-6-15)22-31(2,27)28)30-21(26)16-9-11-23(12-10-16)20(25)18-4-3-13-29-18/h3-8,13-14,16,22H,9-12H2,1-2H3/t14-/m0/s1. The highest BCUT2D eigenvalue weighted by Crippen LogP contribution is 2.22. The zero-order chi connectivity index (χ0) is 22.6. The van der Waals surface area contributed by atoms with Crippen LogP contribution in [0.4, 0.5) is 5.69 Å². The fourth-order valence-corrected chi connectivity index (χ4v) is 3.91. The number of esters is 1. The van der Waals surface area contributed by atoms with E-state index in [0.29, 0.717) is 37.2 Å². The Labute approximate surface area is 180 Å². The van der Waals surface area contributed by atoms with E-state index in [4.69, 9.17) is 9.15 Å². The third-order valence-corrected chi connectivity index (χ3v) is 5.59. The van der Waals surface area contributed by atoms with Crippen molar-refractivity contribution < 1.29 is 32.0 Å². The molecule has 10 heteroatoms. The number of amides is 1. The van der Waals surface area contributed by atoms with E-state index in [-0.39, 0.29) is 17.5 Å². The fourth-order valence-electron chi connectivity index (χ4n) is 3.35. The molecule has 166 valence electrons. The molecule has 1 aliphatic heterocycles. The molecule has 2 heterocycles. The minimum atomic E-state index is -3.41. The van der Waals surface area contributed by atoms with Crippen molar-refractivity contribution in [3.8, 4) is 0 Å². The van der Waals surface area contributed by atoms with Crippen LogP contribution < -0.4 is 4.72 Å². The summed E-state index contributed by atoms with van der Waals surface area (Å²) in [4.78, 5) is 39.0. The molecule has 1 atom stereocenters. The first kappa shape index (κ1) is 22.5. The number of ether oxygens (including phenoxy) is 1. The molecule has 0 aliphatic carbocycles. The summed E-state index contributed by atoms with van der Waals surface area (Å²) in [5.74, 6) is -1.20. The fraction of sp³-hybridized carbons (Fsp3) is 0.381. The van der Waals surface area contributed by atoms with Crippen LogP contribution in [0, 0.1) is 5.92 Å². The molecule has 1 aromatic carbocycles. The average Bonchev–Trinajstić information content (AvgIpc) is 3.27. The monoisotopic (exact) mass is 448 g/mol. The Bertz CT molecular complexity index is 1040. The summed E-state index contributed by atoms with van der Waals surface area (Å²) in [6, 6.07) is 9.12. The number of hydrogen-bond acceptors (Lipinski definition) is 7. The molecule has 0 radical (unpaired) electrons. The number of furan rings is 1. The number of benzene rings is 1. The van der Waals surface area contributed by atoms with Crippen molar-refractivity contribution in [3.63, 3.8) is 0 Å². The van der Waals surface area contributed by atoms with Gasteiger partial charge in [-0.25, -0.2) is 8.42 Å². The lowest BCUT2D eigenvalue weighted by Gasteiger charge is -2.30. The molecule has 0 saturated carbocycles. The number of likely N-dealkylation sites (tertiary alicyclic amines) is 1. The topological polar surface area (TPSA) is 123 Å². The van der Waals surface area contributed by atoms with Gasteiger partial charge >= 0.3 is 5.97 Å². The van der Waals surface area contributed by atoms with Crippen molar-refractivity contribution in [2.75, 3.05) is 24.1 Å². The molecule has 1 saturated heterocycles. The zero-order valence-electron chi connectivity index (χ0n) is 17.2. The predicted molar refractivity (Wildman–Crippen MR) is 112 cm³/mol. The number of carbonyl (C=O) groups excluding carboxylic acids is 3. The number of carbonyl (C=O) groups is 3. The Hall–Kier alpha value is -3.14. The van der Waals surface area contributed by atoms with Crippen molar-refractivity contribution >= 4 is 33.4 Å². The third-order valence-electron chi connectivity index (χ3n) is 4.98. The first-order valence-electron chi connectivity index (χ1n) is 9.79. The van der Waals surface area contributed by atoms with E-state index in [1.807, 2.05) is 0 Å². The van der Waals surface area contributed by atoms with E-state index >= 15 is 0 Å². The van der Waals surface area contributed by atoms with Gasteiger partial charge in [0, 0.05) is 24.3 Å². The lowest BCUT2D eigenvalue weighted by Crippen LogP contribution is -2.41. The van der Waals surface area contributed by atoms with Crippen LogP contribution in [0.1, 0.15) is 40.7 Å². The van der Waals surface area contributed by atoms with Gasteiger partial charge in [-0.2, -0.15) is 0 Å². The van der Waals surface area contributed by atoms with Crippen LogP contribution in [0.25, 0.3) is 0 Å². The van der Waals surface area contributed by atoms with Crippen LogP contribution in [0.15, 0.2) is 47.1 Å². The first-order chi connectivity index (χ1) is 14.6. The zero-order valence-corrected chi connectivity index (χ0v) is 18.1. The largest absolute Gasteiger partial charge is 0.459 e. The smallest absolute Gasteiger partial charge is 0.309 e. The molecule has 3 rings (SSSR count). The first-order valence-corrected chi connectivity index (χ1v) is 11.7. The molecular weight excluding hydrogens is 424 g/mol. The maximum absolute atomic E-state index is 12.6. The van der Waals surface area contributed by atoms with Gasteiger partial charge in [0.05, 0.1) is 18.4 Å². The Morgan fingerprint density at radius 1 is 1.13 bits per heavy atom. The molecule has 31 heavy (non-hydrogen) atoms. The van der Waals surface area contributed by atoms with Crippen LogP contribution in [0.2, 0.25) is 0 Å². The van der Waals surface area contributed by atoms with E-state index in [1.165, 1.54) is 37.5 Å². The molecular formula is C21H24N2O7S. The van der Waals surface area contributed by atoms with Gasteiger partial charge in [-0.15, -0.1) is 0 Å². The molecule has 1 fully saturated rings. The lowest BCUT2D eigenvalue weighted by molar-refractivity contribution is -0.152. The molecule has 0 spiro atoms. The van der Waals surface area contributed by atoms with Gasteiger partial charge in [-0.3, -0.25) is 19.1 Å². The number of nitrogens with zero attached hydrogens (tertiary/aromatic N) is 1.